The molecule has 3 aromatic rings. The monoisotopic (exact) mass is 491 g/mol. The zero-order valence-electron chi connectivity index (χ0n) is 22.0. The number of imidazole rings is 1. The fraction of sp³-hybridized carbons (Fsp3) is 0.556. The molecule has 2 N–H and O–H groups in total. The fourth-order valence-electron chi connectivity index (χ4n) is 4.54. The summed E-state index contributed by atoms with van der Waals surface area (Å²) in [6.45, 7) is 10.4. The van der Waals surface area contributed by atoms with E-state index >= 15 is 0 Å². The number of amides is 1. The number of aromatic nitrogens is 4. The Morgan fingerprint density at radius 3 is 2.58 bits per heavy atom. The third kappa shape index (κ3) is 5.46. The summed E-state index contributed by atoms with van der Waals surface area (Å²) < 4.78 is 7.83. The highest BCUT2D eigenvalue weighted by molar-refractivity contribution is 5.87. The summed E-state index contributed by atoms with van der Waals surface area (Å²) in [6, 6.07) is 6.92. The van der Waals surface area contributed by atoms with Crippen LogP contribution in [0.25, 0.3) is 11.2 Å². The number of ether oxygens (including phenoxy) is 1. The number of carbonyl (C=O) groups excluding carboxylic acids is 1. The number of hydrogen-bond donors (Lipinski definition) is 2. The molecule has 9 heteroatoms. The van der Waals surface area contributed by atoms with Gasteiger partial charge in [0.15, 0.2) is 11.5 Å². The summed E-state index contributed by atoms with van der Waals surface area (Å²) in [7, 11) is 1.96. The van der Waals surface area contributed by atoms with Gasteiger partial charge < -0.3 is 24.8 Å². The lowest BCUT2D eigenvalue weighted by Gasteiger charge is -2.32. The van der Waals surface area contributed by atoms with Gasteiger partial charge in [0.1, 0.15) is 12.1 Å². The Labute approximate surface area is 212 Å². The Balaban J connectivity index is 1.32. The summed E-state index contributed by atoms with van der Waals surface area (Å²) in [5.74, 6) is 1.41. The Hall–Kier alpha value is -3.20. The molecule has 2 fully saturated rings. The van der Waals surface area contributed by atoms with E-state index in [1.807, 2.05) is 11.6 Å². The number of piperidine rings is 1. The maximum atomic E-state index is 12.0. The number of fused-ring (bicyclic) bond motifs is 1. The van der Waals surface area contributed by atoms with Gasteiger partial charge in [-0.3, -0.25) is 4.79 Å². The number of rotatable bonds is 7. The van der Waals surface area contributed by atoms with E-state index in [1.54, 1.807) is 6.33 Å². The highest BCUT2D eigenvalue weighted by Crippen LogP contribution is 2.31. The van der Waals surface area contributed by atoms with Crippen molar-refractivity contribution in [2.45, 2.75) is 70.9 Å². The summed E-state index contributed by atoms with van der Waals surface area (Å²) in [4.78, 5) is 28.4. The van der Waals surface area contributed by atoms with E-state index in [1.165, 1.54) is 5.56 Å². The highest BCUT2D eigenvalue weighted by atomic mass is 16.5. The molecule has 1 saturated heterocycles. The van der Waals surface area contributed by atoms with Gasteiger partial charge in [0.25, 0.3) is 0 Å². The first kappa shape index (κ1) is 24.5. The van der Waals surface area contributed by atoms with E-state index in [-0.39, 0.29) is 24.0 Å². The maximum Gasteiger partial charge on any atom is 0.246 e. The summed E-state index contributed by atoms with van der Waals surface area (Å²) in [6.07, 6.45) is 5.68. The van der Waals surface area contributed by atoms with Crippen LogP contribution in [0.3, 0.4) is 0 Å². The second kappa shape index (κ2) is 9.69. The molecule has 2 aromatic heterocycles. The molecule has 1 saturated carbocycles. The summed E-state index contributed by atoms with van der Waals surface area (Å²) in [5.41, 5.74) is 5.05. The molecule has 9 nitrogen and oxygen atoms in total. The number of nitrogens with one attached hydrogen (secondary N) is 2. The van der Waals surface area contributed by atoms with Crippen molar-refractivity contribution in [3.05, 3.63) is 35.7 Å². The van der Waals surface area contributed by atoms with Gasteiger partial charge in [0.2, 0.25) is 11.9 Å². The molecular formula is C27H37N7O2. The SMILES string of the molecule is Cc1ccc(C(C)(C)C)cc1Nc1nc(N2CCC(OCC(=O)NC3CC3)CC2)nc2ncn(C)c12. The molecule has 1 aromatic carbocycles. The van der Waals surface area contributed by atoms with E-state index in [2.05, 4.69) is 66.4 Å². The number of carbonyl (C=O) groups is 1. The van der Waals surface area contributed by atoms with Gasteiger partial charge in [-0.25, -0.2) is 4.98 Å². The van der Waals surface area contributed by atoms with Crippen LogP contribution in [0.4, 0.5) is 17.5 Å². The lowest BCUT2D eigenvalue weighted by Crippen LogP contribution is -2.39. The minimum atomic E-state index is -0.00888. The Bertz CT molecular complexity index is 1250. The number of nitrogens with zero attached hydrogens (tertiary/aromatic N) is 5. The van der Waals surface area contributed by atoms with Crippen LogP contribution in [0.5, 0.6) is 0 Å². The van der Waals surface area contributed by atoms with Gasteiger partial charge in [-0.05, 0) is 55.2 Å². The second-order valence-electron chi connectivity index (χ2n) is 11.1. The van der Waals surface area contributed by atoms with E-state index in [0.29, 0.717) is 17.6 Å². The van der Waals surface area contributed by atoms with Gasteiger partial charge in [-0.1, -0.05) is 32.9 Å². The van der Waals surface area contributed by atoms with Crippen molar-refractivity contribution in [1.29, 1.82) is 0 Å². The van der Waals surface area contributed by atoms with Crippen molar-refractivity contribution < 1.29 is 9.53 Å². The quantitative estimate of drug-likeness (QED) is 0.516. The molecule has 1 aliphatic heterocycles. The third-order valence-electron chi connectivity index (χ3n) is 7.03. The smallest absolute Gasteiger partial charge is 0.246 e. The maximum absolute atomic E-state index is 12.0. The molecule has 1 amide bonds. The van der Waals surface area contributed by atoms with Gasteiger partial charge in [0.05, 0.1) is 12.4 Å². The first-order valence-electron chi connectivity index (χ1n) is 12.9. The molecule has 0 atom stereocenters. The number of aryl methyl sites for hydroxylation is 2. The van der Waals surface area contributed by atoms with Gasteiger partial charge in [-0.15, -0.1) is 0 Å². The van der Waals surface area contributed by atoms with Gasteiger partial charge >= 0.3 is 0 Å². The van der Waals surface area contributed by atoms with Crippen LogP contribution >= 0.6 is 0 Å². The minimum absolute atomic E-state index is 0.00888. The lowest BCUT2D eigenvalue weighted by atomic mass is 9.86. The van der Waals surface area contributed by atoms with Crippen molar-refractivity contribution in [3.63, 3.8) is 0 Å². The Morgan fingerprint density at radius 2 is 1.89 bits per heavy atom. The number of hydrogen-bond acceptors (Lipinski definition) is 7. The van der Waals surface area contributed by atoms with Crippen LogP contribution in [0, 0.1) is 6.92 Å². The molecule has 0 unspecified atom stereocenters. The van der Waals surface area contributed by atoms with E-state index < -0.39 is 0 Å². The first-order chi connectivity index (χ1) is 17.2. The summed E-state index contributed by atoms with van der Waals surface area (Å²) in [5, 5.41) is 6.57. The van der Waals surface area contributed by atoms with Gasteiger partial charge in [-0.2, -0.15) is 9.97 Å². The van der Waals surface area contributed by atoms with Crippen LogP contribution in [-0.4, -0.2) is 57.3 Å². The first-order valence-corrected chi connectivity index (χ1v) is 12.9. The predicted octanol–water partition coefficient (Wildman–Crippen LogP) is 3.98. The fourth-order valence-corrected chi connectivity index (χ4v) is 4.54. The van der Waals surface area contributed by atoms with Crippen LogP contribution in [0.2, 0.25) is 0 Å². The van der Waals surface area contributed by atoms with E-state index in [4.69, 9.17) is 14.7 Å². The molecule has 5 rings (SSSR count). The van der Waals surface area contributed by atoms with Crippen LogP contribution in [0.15, 0.2) is 24.5 Å². The van der Waals surface area contributed by atoms with E-state index in [9.17, 15) is 4.79 Å². The molecule has 2 aliphatic rings. The molecule has 3 heterocycles. The van der Waals surface area contributed by atoms with Gasteiger partial charge in [0, 0.05) is 31.9 Å². The molecule has 0 radical (unpaired) electrons. The highest BCUT2D eigenvalue weighted by Gasteiger charge is 2.26. The molecular weight excluding hydrogens is 454 g/mol. The largest absolute Gasteiger partial charge is 0.368 e. The predicted molar refractivity (Wildman–Crippen MR) is 142 cm³/mol. The molecule has 0 bridgehead atoms. The van der Waals surface area contributed by atoms with Crippen molar-refractivity contribution >= 4 is 34.5 Å². The third-order valence-corrected chi connectivity index (χ3v) is 7.03. The average molecular weight is 492 g/mol. The molecule has 192 valence electrons. The number of benzene rings is 1. The second-order valence-corrected chi connectivity index (χ2v) is 11.1. The van der Waals surface area contributed by atoms with E-state index in [0.717, 1.165) is 61.4 Å². The van der Waals surface area contributed by atoms with Crippen molar-refractivity contribution in [2.75, 3.05) is 29.9 Å². The Morgan fingerprint density at radius 1 is 1.14 bits per heavy atom. The zero-order valence-corrected chi connectivity index (χ0v) is 22.0. The van der Waals surface area contributed by atoms with Crippen molar-refractivity contribution in [1.82, 2.24) is 24.8 Å². The molecule has 0 spiro atoms. The van der Waals surface area contributed by atoms with Crippen molar-refractivity contribution in [3.8, 4) is 0 Å². The normalized spacial score (nSPS) is 17.0. The topological polar surface area (TPSA) is 97.2 Å². The summed E-state index contributed by atoms with van der Waals surface area (Å²) >= 11 is 0. The minimum Gasteiger partial charge on any atom is -0.368 e. The molecule has 36 heavy (non-hydrogen) atoms. The molecule has 1 aliphatic carbocycles. The van der Waals surface area contributed by atoms with Crippen LogP contribution < -0.4 is 15.5 Å². The average Bonchev–Trinajstić information content (AvgIpc) is 3.58. The standard InChI is InChI=1S/C27H37N7O2/c1-17-6-7-18(27(2,3)4)14-21(17)30-25-23-24(28-16-33(23)5)31-26(32-25)34-12-10-20(11-13-34)36-15-22(35)29-19-8-9-19/h6-7,14,16,19-20H,8-13,15H2,1-5H3,(H,29,35)(H,30,31,32). The Kier molecular flexibility index (Phi) is 6.59. The lowest BCUT2D eigenvalue weighted by molar-refractivity contribution is -0.128. The van der Waals surface area contributed by atoms with Crippen LogP contribution in [-0.2, 0) is 22.0 Å². The van der Waals surface area contributed by atoms with Crippen molar-refractivity contribution in [2.24, 2.45) is 7.05 Å². The number of anilines is 3. The zero-order chi connectivity index (χ0) is 25.4. The van der Waals surface area contributed by atoms with Crippen LogP contribution in [0.1, 0.15) is 57.6 Å².